The SMILES string of the molecule is CCn1c(=O)c(=O)[nH]c2cc(C(=O)NCc3cc4ccccc4o3)ccc21. The third-order valence-corrected chi connectivity index (χ3v) is 4.45. The molecule has 0 aliphatic carbocycles. The first-order chi connectivity index (χ1) is 13.1. The molecule has 2 aromatic heterocycles. The van der Waals surface area contributed by atoms with Gasteiger partial charge in [0.25, 0.3) is 5.91 Å². The minimum absolute atomic E-state index is 0.247. The van der Waals surface area contributed by atoms with Crippen LogP contribution in [0.5, 0.6) is 0 Å². The third kappa shape index (κ3) is 3.03. The van der Waals surface area contributed by atoms with E-state index < -0.39 is 11.1 Å². The van der Waals surface area contributed by atoms with Crippen LogP contribution in [0.15, 0.2) is 62.5 Å². The molecule has 2 heterocycles. The number of H-pyrrole nitrogens is 1. The highest BCUT2D eigenvalue weighted by atomic mass is 16.3. The number of furan rings is 1. The molecule has 7 nitrogen and oxygen atoms in total. The number of nitrogens with one attached hydrogen (secondary N) is 2. The Labute approximate surface area is 153 Å². The van der Waals surface area contributed by atoms with Crippen LogP contribution in [-0.2, 0) is 13.1 Å². The number of rotatable bonds is 4. The molecule has 0 aliphatic heterocycles. The number of aromatic nitrogens is 2. The zero-order chi connectivity index (χ0) is 19.0. The topological polar surface area (TPSA) is 97.1 Å². The second-order valence-electron chi connectivity index (χ2n) is 6.17. The smallest absolute Gasteiger partial charge is 0.316 e. The number of aryl methyl sites for hydroxylation is 1. The van der Waals surface area contributed by atoms with Crippen molar-refractivity contribution in [3.8, 4) is 0 Å². The van der Waals surface area contributed by atoms with Crippen LogP contribution in [-0.4, -0.2) is 15.5 Å². The molecule has 0 fully saturated rings. The summed E-state index contributed by atoms with van der Waals surface area (Å²) in [5, 5.41) is 3.78. The van der Waals surface area contributed by atoms with Crippen molar-refractivity contribution in [1.29, 1.82) is 0 Å². The van der Waals surface area contributed by atoms with E-state index in [1.165, 1.54) is 4.57 Å². The number of hydrogen-bond acceptors (Lipinski definition) is 4. The Balaban J connectivity index is 1.59. The second kappa shape index (κ2) is 6.60. The van der Waals surface area contributed by atoms with Gasteiger partial charge in [-0.25, -0.2) is 0 Å². The van der Waals surface area contributed by atoms with Crippen LogP contribution in [0, 0.1) is 0 Å². The fourth-order valence-corrected chi connectivity index (χ4v) is 3.13. The van der Waals surface area contributed by atoms with Crippen molar-refractivity contribution in [1.82, 2.24) is 14.9 Å². The zero-order valence-electron chi connectivity index (χ0n) is 14.6. The van der Waals surface area contributed by atoms with E-state index in [-0.39, 0.29) is 12.5 Å². The van der Waals surface area contributed by atoms with E-state index in [4.69, 9.17) is 4.42 Å². The van der Waals surface area contributed by atoms with Crippen LogP contribution >= 0.6 is 0 Å². The minimum atomic E-state index is -0.704. The van der Waals surface area contributed by atoms with E-state index in [1.807, 2.05) is 30.3 Å². The average molecular weight is 363 g/mol. The molecule has 0 saturated carbocycles. The standard InChI is InChI=1S/C20H17N3O4/c1-2-23-16-8-7-13(10-15(16)22-19(25)20(23)26)18(24)21-11-14-9-12-5-3-4-6-17(12)27-14/h3-10H,2,11H2,1H3,(H,21,24)(H,22,25). The number of carbonyl (C=O) groups is 1. The quantitative estimate of drug-likeness (QED) is 0.544. The van der Waals surface area contributed by atoms with Gasteiger partial charge in [-0.15, -0.1) is 0 Å². The molecule has 0 bridgehead atoms. The number of amides is 1. The highest BCUT2D eigenvalue weighted by Crippen LogP contribution is 2.18. The Hall–Kier alpha value is -3.61. The maximum absolute atomic E-state index is 12.5. The Kier molecular flexibility index (Phi) is 4.12. The molecule has 2 N–H and O–H groups in total. The summed E-state index contributed by atoms with van der Waals surface area (Å²) in [4.78, 5) is 38.7. The summed E-state index contributed by atoms with van der Waals surface area (Å²) in [6.07, 6.45) is 0. The zero-order valence-corrected chi connectivity index (χ0v) is 14.6. The Morgan fingerprint density at radius 3 is 2.74 bits per heavy atom. The van der Waals surface area contributed by atoms with Crippen LogP contribution in [0.1, 0.15) is 23.0 Å². The summed E-state index contributed by atoms with van der Waals surface area (Å²) >= 11 is 0. The van der Waals surface area contributed by atoms with E-state index in [2.05, 4.69) is 10.3 Å². The normalized spacial score (nSPS) is 11.1. The van der Waals surface area contributed by atoms with Gasteiger partial charge in [-0.1, -0.05) is 18.2 Å². The molecule has 0 saturated heterocycles. The van der Waals surface area contributed by atoms with Gasteiger partial charge in [0, 0.05) is 17.5 Å². The molecule has 2 aromatic carbocycles. The lowest BCUT2D eigenvalue weighted by Crippen LogP contribution is -2.36. The molecule has 7 heteroatoms. The number of hydrogen-bond donors (Lipinski definition) is 2. The molecule has 1 amide bonds. The maximum Gasteiger partial charge on any atom is 0.316 e. The first-order valence-electron chi connectivity index (χ1n) is 8.59. The van der Waals surface area contributed by atoms with E-state index >= 15 is 0 Å². The van der Waals surface area contributed by atoms with Gasteiger partial charge in [0.15, 0.2) is 0 Å². The minimum Gasteiger partial charge on any atom is -0.459 e. The first kappa shape index (κ1) is 16.8. The van der Waals surface area contributed by atoms with Crippen molar-refractivity contribution in [2.24, 2.45) is 0 Å². The summed E-state index contributed by atoms with van der Waals surface area (Å²) in [6, 6.07) is 14.4. The number of nitrogens with zero attached hydrogens (tertiary/aromatic N) is 1. The third-order valence-electron chi connectivity index (χ3n) is 4.45. The summed E-state index contributed by atoms with van der Waals surface area (Å²) < 4.78 is 7.06. The maximum atomic E-state index is 12.5. The molecule has 0 atom stereocenters. The van der Waals surface area contributed by atoms with Crippen molar-refractivity contribution < 1.29 is 9.21 Å². The van der Waals surface area contributed by atoms with Crippen LogP contribution in [0.4, 0.5) is 0 Å². The van der Waals surface area contributed by atoms with Crippen LogP contribution in [0.25, 0.3) is 22.0 Å². The number of carbonyl (C=O) groups excluding carboxylic acids is 1. The van der Waals surface area contributed by atoms with Crippen molar-refractivity contribution >= 4 is 27.9 Å². The summed E-state index contributed by atoms with van der Waals surface area (Å²) in [7, 11) is 0. The lowest BCUT2D eigenvalue weighted by molar-refractivity contribution is 0.0948. The van der Waals surface area contributed by atoms with Gasteiger partial charge in [0.1, 0.15) is 11.3 Å². The van der Waals surface area contributed by atoms with Gasteiger partial charge in [-0.05, 0) is 37.3 Å². The van der Waals surface area contributed by atoms with E-state index in [9.17, 15) is 14.4 Å². The number of aromatic amines is 1. The lowest BCUT2D eigenvalue weighted by Gasteiger charge is -2.09. The van der Waals surface area contributed by atoms with E-state index in [0.29, 0.717) is 28.9 Å². The highest BCUT2D eigenvalue weighted by Gasteiger charge is 2.11. The van der Waals surface area contributed by atoms with Crippen molar-refractivity contribution in [3.05, 3.63) is 80.6 Å². The summed E-state index contributed by atoms with van der Waals surface area (Å²) in [6.45, 7) is 2.40. The molecule has 0 radical (unpaired) electrons. The molecule has 27 heavy (non-hydrogen) atoms. The van der Waals surface area contributed by atoms with Gasteiger partial charge in [0.2, 0.25) is 0 Å². The molecule has 4 rings (SSSR count). The number of benzene rings is 2. The van der Waals surface area contributed by atoms with Crippen LogP contribution in [0.2, 0.25) is 0 Å². The molecule has 0 unspecified atom stereocenters. The van der Waals surface area contributed by atoms with Gasteiger partial charge in [-0.2, -0.15) is 0 Å². The Morgan fingerprint density at radius 1 is 1.15 bits per heavy atom. The molecule has 4 aromatic rings. The summed E-state index contributed by atoms with van der Waals surface area (Å²) in [5.41, 5.74) is 0.864. The predicted molar refractivity (Wildman–Crippen MR) is 102 cm³/mol. The van der Waals surface area contributed by atoms with Gasteiger partial charge in [-0.3, -0.25) is 14.4 Å². The highest BCUT2D eigenvalue weighted by molar-refractivity contribution is 5.97. The predicted octanol–water partition coefficient (Wildman–Crippen LogP) is 2.39. The van der Waals surface area contributed by atoms with Crippen LogP contribution < -0.4 is 16.4 Å². The first-order valence-corrected chi connectivity index (χ1v) is 8.59. The number of para-hydroxylation sites is 1. The lowest BCUT2D eigenvalue weighted by atomic mass is 10.1. The molecule has 0 spiro atoms. The fraction of sp³-hybridized carbons (Fsp3) is 0.150. The van der Waals surface area contributed by atoms with Crippen LogP contribution in [0.3, 0.4) is 0 Å². The largest absolute Gasteiger partial charge is 0.459 e. The number of fused-ring (bicyclic) bond motifs is 2. The Morgan fingerprint density at radius 2 is 1.96 bits per heavy atom. The van der Waals surface area contributed by atoms with Gasteiger partial charge >= 0.3 is 11.1 Å². The molecular formula is C20H17N3O4. The van der Waals surface area contributed by atoms with Gasteiger partial charge < -0.3 is 19.3 Å². The van der Waals surface area contributed by atoms with Crippen molar-refractivity contribution in [2.45, 2.75) is 20.0 Å². The monoisotopic (exact) mass is 363 g/mol. The van der Waals surface area contributed by atoms with E-state index in [1.54, 1.807) is 25.1 Å². The fourth-order valence-electron chi connectivity index (χ4n) is 3.13. The molecule has 0 aliphatic rings. The average Bonchev–Trinajstić information content (AvgIpc) is 3.10. The van der Waals surface area contributed by atoms with E-state index in [0.717, 1.165) is 11.0 Å². The van der Waals surface area contributed by atoms with Crippen molar-refractivity contribution in [2.75, 3.05) is 0 Å². The second-order valence-corrected chi connectivity index (χ2v) is 6.17. The molecular weight excluding hydrogens is 346 g/mol. The van der Waals surface area contributed by atoms with Gasteiger partial charge in [0.05, 0.1) is 17.6 Å². The Bertz CT molecular complexity index is 1250. The molecule has 136 valence electrons. The summed E-state index contributed by atoms with van der Waals surface area (Å²) in [5.74, 6) is 0.353. The van der Waals surface area contributed by atoms with Crippen molar-refractivity contribution in [3.63, 3.8) is 0 Å².